The van der Waals surface area contributed by atoms with Crippen LogP contribution in [-0.4, -0.2) is 6.54 Å². The Bertz CT molecular complexity index is 543. The molecule has 0 aromatic heterocycles. The summed E-state index contributed by atoms with van der Waals surface area (Å²) >= 11 is 0. The number of nitrogens with one attached hydrogen (secondary N) is 1. The van der Waals surface area contributed by atoms with Gasteiger partial charge in [-0.3, -0.25) is 0 Å². The van der Waals surface area contributed by atoms with E-state index < -0.39 is 0 Å². The highest BCUT2D eigenvalue weighted by atomic mass is 14.9. The first-order valence-corrected chi connectivity index (χ1v) is 6.15. The molecule has 1 aliphatic rings. The molecule has 0 bridgehead atoms. The Morgan fingerprint density at radius 3 is 3.00 bits per heavy atom. The van der Waals surface area contributed by atoms with E-state index in [0.717, 1.165) is 19.5 Å². The molecule has 2 aromatic carbocycles. The SMILES string of the molecule is Cc1ccc[c]c1-c1ccc2c(c1)CCNC2. The molecular weight excluding hydrogens is 206 g/mol. The maximum Gasteiger partial charge on any atom is 0.0208 e. The van der Waals surface area contributed by atoms with Gasteiger partial charge in [-0.25, -0.2) is 0 Å². The van der Waals surface area contributed by atoms with Gasteiger partial charge in [-0.05, 0) is 53.8 Å². The fraction of sp³-hybridized carbons (Fsp3) is 0.250. The van der Waals surface area contributed by atoms with E-state index in [1.54, 1.807) is 0 Å². The van der Waals surface area contributed by atoms with Crippen molar-refractivity contribution in [3.8, 4) is 11.1 Å². The third-order valence-corrected chi connectivity index (χ3v) is 3.45. The van der Waals surface area contributed by atoms with Crippen LogP contribution in [0.1, 0.15) is 16.7 Å². The van der Waals surface area contributed by atoms with Crippen molar-refractivity contribution in [3.05, 3.63) is 59.2 Å². The third-order valence-electron chi connectivity index (χ3n) is 3.45. The molecule has 85 valence electrons. The summed E-state index contributed by atoms with van der Waals surface area (Å²) in [7, 11) is 0. The maximum atomic E-state index is 3.40. The van der Waals surface area contributed by atoms with Crippen molar-refractivity contribution in [2.24, 2.45) is 0 Å². The molecule has 17 heavy (non-hydrogen) atoms. The Hall–Kier alpha value is -1.60. The molecule has 0 fully saturated rings. The smallest absolute Gasteiger partial charge is 0.0208 e. The summed E-state index contributed by atoms with van der Waals surface area (Å²) in [6.45, 7) is 4.24. The van der Waals surface area contributed by atoms with Gasteiger partial charge in [0.2, 0.25) is 0 Å². The normalized spacial score (nSPS) is 14.4. The van der Waals surface area contributed by atoms with E-state index in [4.69, 9.17) is 0 Å². The van der Waals surface area contributed by atoms with Crippen LogP contribution in [0.15, 0.2) is 36.4 Å². The topological polar surface area (TPSA) is 12.0 Å². The fourth-order valence-corrected chi connectivity index (χ4v) is 2.46. The predicted octanol–water partition coefficient (Wildman–Crippen LogP) is 3.11. The Morgan fingerprint density at radius 2 is 2.12 bits per heavy atom. The molecule has 0 spiro atoms. The first kappa shape index (κ1) is 10.5. The molecule has 0 saturated heterocycles. The monoisotopic (exact) mass is 222 g/mol. The van der Waals surface area contributed by atoms with Gasteiger partial charge >= 0.3 is 0 Å². The van der Waals surface area contributed by atoms with Gasteiger partial charge in [-0.15, -0.1) is 0 Å². The minimum atomic E-state index is 1.01. The first-order chi connectivity index (χ1) is 8.34. The molecule has 0 unspecified atom stereocenters. The second-order valence-electron chi connectivity index (χ2n) is 4.64. The summed E-state index contributed by atoms with van der Waals surface area (Å²) < 4.78 is 0. The predicted molar refractivity (Wildman–Crippen MR) is 70.9 cm³/mol. The summed E-state index contributed by atoms with van der Waals surface area (Å²) in [6.07, 6.45) is 1.13. The lowest BCUT2D eigenvalue weighted by molar-refractivity contribution is 0.644. The van der Waals surface area contributed by atoms with E-state index >= 15 is 0 Å². The zero-order valence-corrected chi connectivity index (χ0v) is 10.1. The molecule has 1 nitrogen and oxygen atoms in total. The van der Waals surface area contributed by atoms with E-state index in [-0.39, 0.29) is 0 Å². The zero-order chi connectivity index (χ0) is 11.7. The summed E-state index contributed by atoms with van der Waals surface area (Å²) in [5.41, 5.74) is 6.74. The van der Waals surface area contributed by atoms with E-state index in [1.165, 1.54) is 27.8 Å². The number of fused-ring (bicyclic) bond motifs is 1. The molecule has 1 radical (unpaired) electrons. The standard InChI is InChI=1S/C16H16N/c1-12-4-2-3-5-16(12)14-6-7-15-11-17-9-8-13(15)10-14/h2-4,6-7,10,17H,8-9,11H2,1H3. The summed E-state index contributed by atoms with van der Waals surface area (Å²) in [4.78, 5) is 0. The van der Waals surface area contributed by atoms with Crippen LogP contribution >= 0.6 is 0 Å². The van der Waals surface area contributed by atoms with Crippen LogP contribution < -0.4 is 5.32 Å². The van der Waals surface area contributed by atoms with Crippen molar-refractivity contribution in [1.82, 2.24) is 5.32 Å². The van der Waals surface area contributed by atoms with Crippen molar-refractivity contribution < 1.29 is 0 Å². The van der Waals surface area contributed by atoms with Crippen molar-refractivity contribution in [1.29, 1.82) is 0 Å². The number of hydrogen-bond acceptors (Lipinski definition) is 1. The Morgan fingerprint density at radius 1 is 1.18 bits per heavy atom. The summed E-state index contributed by atoms with van der Waals surface area (Å²) in [5, 5.41) is 3.40. The van der Waals surface area contributed by atoms with E-state index in [1.807, 2.05) is 12.1 Å². The molecule has 2 aromatic rings. The van der Waals surface area contributed by atoms with Crippen molar-refractivity contribution in [2.75, 3.05) is 6.54 Å². The van der Waals surface area contributed by atoms with Crippen LogP contribution in [-0.2, 0) is 13.0 Å². The van der Waals surface area contributed by atoms with Crippen LogP contribution in [0.3, 0.4) is 0 Å². The van der Waals surface area contributed by atoms with Crippen LogP contribution in [0, 0.1) is 13.0 Å². The molecule has 0 atom stereocenters. The van der Waals surface area contributed by atoms with Crippen LogP contribution in [0.4, 0.5) is 0 Å². The molecule has 0 amide bonds. The average molecular weight is 222 g/mol. The third kappa shape index (κ3) is 1.98. The molecule has 0 saturated carbocycles. The minimum absolute atomic E-state index is 1.01. The molecule has 1 heteroatoms. The van der Waals surface area contributed by atoms with Crippen molar-refractivity contribution in [2.45, 2.75) is 19.9 Å². The maximum absolute atomic E-state index is 3.40. The molecular formula is C16H16N. The lowest BCUT2D eigenvalue weighted by atomic mass is 9.94. The zero-order valence-electron chi connectivity index (χ0n) is 10.1. The summed E-state index contributed by atoms with van der Waals surface area (Å²) in [5.74, 6) is 0. The van der Waals surface area contributed by atoms with Gasteiger partial charge in [-0.1, -0.05) is 36.4 Å². The lowest BCUT2D eigenvalue weighted by Crippen LogP contribution is -2.23. The van der Waals surface area contributed by atoms with Crippen molar-refractivity contribution in [3.63, 3.8) is 0 Å². The van der Waals surface area contributed by atoms with Crippen LogP contribution in [0.25, 0.3) is 11.1 Å². The van der Waals surface area contributed by atoms with Gasteiger partial charge in [0, 0.05) is 6.54 Å². The Labute approximate surface area is 102 Å². The van der Waals surface area contributed by atoms with Gasteiger partial charge in [0.05, 0.1) is 0 Å². The second-order valence-corrected chi connectivity index (χ2v) is 4.64. The Kier molecular flexibility index (Phi) is 2.69. The number of benzene rings is 2. The highest BCUT2D eigenvalue weighted by Crippen LogP contribution is 2.26. The van der Waals surface area contributed by atoms with Crippen molar-refractivity contribution >= 4 is 0 Å². The number of rotatable bonds is 1. The quantitative estimate of drug-likeness (QED) is 0.781. The van der Waals surface area contributed by atoms with Gasteiger partial charge in [0.1, 0.15) is 0 Å². The summed E-state index contributed by atoms with van der Waals surface area (Å²) in [6, 6.07) is 16.3. The highest BCUT2D eigenvalue weighted by Gasteiger charge is 2.10. The average Bonchev–Trinajstić information content (AvgIpc) is 2.39. The van der Waals surface area contributed by atoms with Gasteiger partial charge < -0.3 is 5.32 Å². The molecule has 1 N–H and O–H groups in total. The Balaban J connectivity index is 2.07. The van der Waals surface area contributed by atoms with Crippen LogP contribution in [0.2, 0.25) is 0 Å². The first-order valence-electron chi connectivity index (χ1n) is 6.15. The molecule has 1 aliphatic heterocycles. The molecule has 0 aliphatic carbocycles. The number of aryl methyl sites for hydroxylation is 1. The fourth-order valence-electron chi connectivity index (χ4n) is 2.46. The highest BCUT2D eigenvalue weighted by molar-refractivity contribution is 5.67. The van der Waals surface area contributed by atoms with E-state index in [9.17, 15) is 0 Å². The number of hydrogen-bond donors (Lipinski definition) is 1. The van der Waals surface area contributed by atoms with Gasteiger partial charge in [0.25, 0.3) is 0 Å². The molecule has 1 heterocycles. The van der Waals surface area contributed by atoms with Gasteiger partial charge in [-0.2, -0.15) is 0 Å². The minimum Gasteiger partial charge on any atom is -0.312 e. The molecule has 3 rings (SSSR count). The second kappa shape index (κ2) is 4.34. The van der Waals surface area contributed by atoms with Crippen LogP contribution in [0.5, 0.6) is 0 Å². The van der Waals surface area contributed by atoms with E-state index in [2.05, 4.69) is 42.6 Å². The van der Waals surface area contributed by atoms with E-state index in [0.29, 0.717) is 0 Å². The lowest BCUT2D eigenvalue weighted by Gasteiger charge is -2.18. The largest absolute Gasteiger partial charge is 0.312 e. The van der Waals surface area contributed by atoms with Gasteiger partial charge in [0.15, 0.2) is 0 Å².